The van der Waals surface area contributed by atoms with Crippen LogP contribution in [-0.2, 0) is 0 Å². The molecule has 0 radical (unpaired) electrons. The number of fused-ring (bicyclic) bond motifs is 4. The minimum atomic E-state index is 1.12. The fraction of sp³-hybridized carbons (Fsp3) is 0. The molecule has 0 aliphatic rings. The molecular weight excluding hydrogens is 671 g/mol. The van der Waals surface area contributed by atoms with Crippen molar-refractivity contribution in [2.75, 3.05) is 4.90 Å². The van der Waals surface area contributed by atoms with Gasteiger partial charge in [0.2, 0.25) is 0 Å². The number of nitrogens with zero attached hydrogens (tertiary/aromatic N) is 1. The van der Waals surface area contributed by atoms with Crippen molar-refractivity contribution in [2.45, 2.75) is 0 Å². The van der Waals surface area contributed by atoms with Gasteiger partial charge in [-0.2, -0.15) is 0 Å². The summed E-state index contributed by atoms with van der Waals surface area (Å²) in [5.74, 6) is 0. The summed E-state index contributed by atoms with van der Waals surface area (Å²) in [6, 6.07) is 77.1. The number of benzene rings is 9. The van der Waals surface area contributed by atoms with E-state index < -0.39 is 0 Å². The zero-order chi connectivity index (χ0) is 35.8. The van der Waals surface area contributed by atoms with Crippen LogP contribution in [-0.4, -0.2) is 0 Å². The van der Waals surface area contributed by atoms with Crippen molar-refractivity contribution in [3.05, 3.63) is 212 Å². The number of anilines is 3. The van der Waals surface area contributed by atoms with Gasteiger partial charge in [0, 0.05) is 26.8 Å². The molecule has 0 N–H and O–H groups in total. The van der Waals surface area contributed by atoms with Crippen molar-refractivity contribution < 1.29 is 0 Å². The van der Waals surface area contributed by atoms with Crippen LogP contribution < -0.4 is 4.90 Å². The molecule has 0 spiro atoms. The third-order valence-corrected chi connectivity index (χ3v) is 11.7. The number of hydrogen-bond acceptors (Lipinski definition) is 2. The lowest BCUT2D eigenvalue weighted by molar-refractivity contribution is 1.30. The van der Waals surface area contributed by atoms with Crippen LogP contribution in [0.15, 0.2) is 212 Å². The van der Waals surface area contributed by atoms with Crippen molar-refractivity contribution in [2.24, 2.45) is 0 Å². The average molecular weight is 706 g/mol. The van der Waals surface area contributed by atoms with Gasteiger partial charge in [0.25, 0.3) is 0 Å². The quantitative estimate of drug-likeness (QED) is 0.160. The molecule has 54 heavy (non-hydrogen) atoms. The van der Waals surface area contributed by atoms with Gasteiger partial charge in [-0.1, -0.05) is 164 Å². The average Bonchev–Trinajstić information content (AvgIpc) is 3.64. The Morgan fingerprint density at radius 1 is 0.315 bits per heavy atom. The Bertz CT molecular complexity index is 2930. The summed E-state index contributed by atoms with van der Waals surface area (Å²) >= 11 is 1.86. The lowest BCUT2D eigenvalue weighted by Gasteiger charge is -2.27. The van der Waals surface area contributed by atoms with E-state index in [1.807, 2.05) is 11.3 Å². The molecule has 0 bridgehead atoms. The molecule has 10 aromatic rings. The molecule has 0 amide bonds. The first-order chi connectivity index (χ1) is 26.8. The first-order valence-electron chi connectivity index (χ1n) is 18.4. The van der Waals surface area contributed by atoms with Crippen molar-refractivity contribution in [3.8, 4) is 44.5 Å². The molecule has 254 valence electrons. The highest BCUT2D eigenvalue weighted by atomic mass is 32.1. The summed E-state index contributed by atoms with van der Waals surface area (Å²) in [5.41, 5.74) is 13.1. The molecule has 0 fully saturated rings. The first kappa shape index (κ1) is 32.0. The van der Waals surface area contributed by atoms with E-state index in [0.717, 1.165) is 11.4 Å². The second-order valence-corrected chi connectivity index (χ2v) is 14.8. The van der Waals surface area contributed by atoms with Crippen LogP contribution in [0.25, 0.3) is 75.5 Å². The molecule has 10 rings (SSSR count). The zero-order valence-corrected chi connectivity index (χ0v) is 30.4. The van der Waals surface area contributed by atoms with E-state index in [9.17, 15) is 0 Å². The van der Waals surface area contributed by atoms with Gasteiger partial charge in [0.05, 0.1) is 10.4 Å². The minimum Gasteiger partial charge on any atom is -0.309 e. The molecule has 1 aromatic heterocycles. The maximum absolute atomic E-state index is 2.43. The van der Waals surface area contributed by atoms with Gasteiger partial charge in [0.15, 0.2) is 0 Å². The highest BCUT2D eigenvalue weighted by Crippen LogP contribution is 2.45. The van der Waals surface area contributed by atoms with Crippen molar-refractivity contribution in [3.63, 3.8) is 0 Å². The molecule has 0 saturated heterocycles. The van der Waals surface area contributed by atoms with Gasteiger partial charge in [-0.15, -0.1) is 11.3 Å². The predicted octanol–water partition coefficient (Wildman–Crippen LogP) is 15.3. The van der Waals surface area contributed by atoms with E-state index in [2.05, 4.69) is 217 Å². The molecular formula is C52H35NS. The third kappa shape index (κ3) is 5.84. The summed E-state index contributed by atoms with van der Waals surface area (Å²) in [4.78, 5) is 2.43. The Labute approximate surface area is 319 Å². The fourth-order valence-electron chi connectivity index (χ4n) is 7.82. The fourth-order valence-corrected chi connectivity index (χ4v) is 9.02. The predicted molar refractivity (Wildman–Crippen MR) is 233 cm³/mol. The first-order valence-corrected chi connectivity index (χ1v) is 19.2. The van der Waals surface area contributed by atoms with Crippen LogP contribution in [0.4, 0.5) is 17.1 Å². The number of hydrogen-bond donors (Lipinski definition) is 0. The van der Waals surface area contributed by atoms with Gasteiger partial charge in [-0.3, -0.25) is 0 Å². The molecule has 9 aromatic carbocycles. The van der Waals surface area contributed by atoms with Gasteiger partial charge >= 0.3 is 0 Å². The smallest absolute Gasteiger partial charge is 0.0640 e. The Morgan fingerprint density at radius 3 is 1.67 bits per heavy atom. The Hall–Kier alpha value is -6.74. The van der Waals surface area contributed by atoms with Crippen molar-refractivity contribution in [1.29, 1.82) is 0 Å². The van der Waals surface area contributed by atoms with Crippen LogP contribution in [0.5, 0.6) is 0 Å². The molecule has 1 heterocycles. The highest BCUT2D eigenvalue weighted by molar-refractivity contribution is 7.26. The molecule has 1 nitrogen and oxygen atoms in total. The summed E-state index contributed by atoms with van der Waals surface area (Å²) in [5, 5.41) is 5.10. The van der Waals surface area contributed by atoms with Crippen LogP contribution in [0.2, 0.25) is 0 Å². The summed E-state index contributed by atoms with van der Waals surface area (Å²) < 4.78 is 2.58. The standard InChI is InChI=1S/C52H35NS/c1-2-13-36(14-3-1)39-17-8-18-40(33-39)37-29-31-44(32-30-37)53(50-27-12-26-49-48-24-6-7-28-51(48)54-52(49)50)45-22-10-20-42(35-45)41-19-9-21-43(34-41)47-25-11-16-38-15-4-5-23-46(38)47/h1-35H. The van der Waals surface area contributed by atoms with Gasteiger partial charge in [-0.05, 0) is 104 Å². The maximum atomic E-state index is 2.43. The molecule has 2 heteroatoms. The largest absolute Gasteiger partial charge is 0.309 e. The van der Waals surface area contributed by atoms with E-state index >= 15 is 0 Å². The topological polar surface area (TPSA) is 3.24 Å². The monoisotopic (exact) mass is 705 g/mol. The zero-order valence-electron chi connectivity index (χ0n) is 29.6. The number of thiophene rings is 1. The van der Waals surface area contributed by atoms with E-state index in [1.54, 1.807) is 0 Å². The van der Waals surface area contributed by atoms with Crippen molar-refractivity contribution >= 4 is 59.3 Å². The van der Waals surface area contributed by atoms with E-state index in [-0.39, 0.29) is 0 Å². The Kier molecular flexibility index (Phi) is 8.09. The van der Waals surface area contributed by atoms with Gasteiger partial charge < -0.3 is 4.90 Å². The normalized spacial score (nSPS) is 11.3. The second-order valence-electron chi connectivity index (χ2n) is 13.7. The number of rotatable bonds is 7. The van der Waals surface area contributed by atoms with Crippen LogP contribution in [0.1, 0.15) is 0 Å². The van der Waals surface area contributed by atoms with Crippen LogP contribution >= 0.6 is 11.3 Å². The second kappa shape index (κ2) is 13.7. The molecule has 0 aliphatic carbocycles. The van der Waals surface area contributed by atoms with E-state index in [1.165, 1.54) is 81.1 Å². The minimum absolute atomic E-state index is 1.12. The van der Waals surface area contributed by atoms with Gasteiger partial charge in [0.1, 0.15) is 0 Å². The van der Waals surface area contributed by atoms with Crippen molar-refractivity contribution in [1.82, 2.24) is 0 Å². The third-order valence-electron chi connectivity index (χ3n) is 10.5. The molecule has 0 aliphatic heterocycles. The molecule has 0 saturated carbocycles. The summed E-state index contributed by atoms with van der Waals surface area (Å²) in [6.07, 6.45) is 0. The SMILES string of the molecule is c1ccc(-c2cccc(-c3ccc(N(c4cccc(-c5cccc(-c6cccc7ccccc67)c5)c4)c4cccc5c4sc4ccccc45)cc3)c2)cc1. The van der Waals surface area contributed by atoms with Crippen LogP contribution in [0.3, 0.4) is 0 Å². The summed E-state index contributed by atoms with van der Waals surface area (Å²) in [6.45, 7) is 0. The Morgan fingerprint density at radius 2 is 0.852 bits per heavy atom. The molecule has 0 unspecified atom stereocenters. The van der Waals surface area contributed by atoms with Gasteiger partial charge in [-0.25, -0.2) is 0 Å². The van der Waals surface area contributed by atoms with E-state index in [0.29, 0.717) is 0 Å². The lowest BCUT2D eigenvalue weighted by Crippen LogP contribution is -2.10. The summed E-state index contributed by atoms with van der Waals surface area (Å²) in [7, 11) is 0. The lowest BCUT2D eigenvalue weighted by atomic mass is 9.95. The van der Waals surface area contributed by atoms with Crippen LogP contribution in [0, 0.1) is 0 Å². The van der Waals surface area contributed by atoms with E-state index in [4.69, 9.17) is 0 Å². The Balaban J connectivity index is 1.09. The highest BCUT2D eigenvalue weighted by Gasteiger charge is 2.19. The maximum Gasteiger partial charge on any atom is 0.0640 e. The molecule has 0 atom stereocenters.